The molecule has 0 heterocycles. The summed E-state index contributed by atoms with van der Waals surface area (Å²) in [4.78, 5) is 12.0. The molecule has 1 aromatic carbocycles. The summed E-state index contributed by atoms with van der Waals surface area (Å²) in [5.74, 6) is -0.785. The number of carboxylic acids is 1. The van der Waals surface area contributed by atoms with Gasteiger partial charge in [-0.15, -0.1) is 11.8 Å². The summed E-state index contributed by atoms with van der Waals surface area (Å²) in [6.07, 6.45) is 0. The van der Waals surface area contributed by atoms with Gasteiger partial charge in [0.05, 0.1) is 0 Å². The van der Waals surface area contributed by atoms with Gasteiger partial charge < -0.3 is 5.11 Å². The summed E-state index contributed by atoms with van der Waals surface area (Å²) in [7, 11) is 0. The van der Waals surface area contributed by atoms with Crippen LogP contribution in [0.25, 0.3) is 0 Å². The normalized spacial score (nSPS) is 11.5. The van der Waals surface area contributed by atoms with Gasteiger partial charge in [-0.2, -0.15) is 0 Å². The summed E-state index contributed by atoms with van der Waals surface area (Å²) < 4.78 is -0.778. The number of benzene rings is 1. The van der Waals surface area contributed by atoms with Crippen LogP contribution in [0.4, 0.5) is 0 Å². The molecule has 0 saturated heterocycles. The highest BCUT2D eigenvalue weighted by Crippen LogP contribution is 2.34. The van der Waals surface area contributed by atoms with E-state index in [0.29, 0.717) is 0 Å². The predicted molar refractivity (Wildman–Crippen MR) is 63.5 cm³/mol. The van der Waals surface area contributed by atoms with E-state index in [9.17, 15) is 4.79 Å². The maximum Gasteiger partial charge on any atom is 0.319 e. The molecule has 0 spiro atoms. The number of carboxylic acid groups (broad SMARTS) is 1. The Morgan fingerprint density at radius 1 is 1.33 bits per heavy atom. The van der Waals surface area contributed by atoms with Crippen LogP contribution in [0.2, 0.25) is 0 Å². The minimum atomic E-state index is -0.785. The van der Waals surface area contributed by atoms with Crippen LogP contribution in [0.15, 0.2) is 23.1 Å². The van der Waals surface area contributed by atoms with Crippen LogP contribution in [-0.2, 0) is 4.79 Å². The van der Waals surface area contributed by atoms with Crippen molar-refractivity contribution in [2.45, 2.75) is 37.3 Å². The van der Waals surface area contributed by atoms with Crippen molar-refractivity contribution in [2.24, 2.45) is 0 Å². The van der Waals surface area contributed by atoms with Crippen LogP contribution in [0, 0.1) is 13.8 Å². The summed E-state index contributed by atoms with van der Waals surface area (Å²) in [5, 5.41) is 9.03. The third-order valence-corrected chi connectivity index (χ3v) is 3.57. The first kappa shape index (κ1) is 12.1. The monoisotopic (exact) mass is 224 g/mol. The van der Waals surface area contributed by atoms with Gasteiger partial charge in [-0.1, -0.05) is 17.7 Å². The van der Waals surface area contributed by atoms with E-state index in [1.165, 1.54) is 17.3 Å². The Labute approximate surface area is 94.7 Å². The molecule has 1 aromatic rings. The average Bonchev–Trinajstić information content (AvgIpc) is 2.09. The largest absolute Gasteiger partial charge is 0.480 e. The third-order valence-electron chi connectivity index (χ3n) is 2.21. The maximum absolute atomic E-state index is 11.0. The molecule has 0 radical (unpaired) electrons. The zero-order valence-corrected chi connectivity index (χ0v) is 10.3. The molecular formula is C12H16O2S. The van der Waals surface area contributed by atoms with Gasteiger partial charge >= 0.3 is 5.97 Å². The highest BCUT2D eigenvalue weighted by atomic mass is 32.2. The van der Waals surface area contributed by atoms with E-state index >= 15 is 0 Å². The van der Waals surface area contributed by atoms with Crippen molar-refractivity contribution < 1.29 is 9.90 Å². The summed E-state index contributed by atoms with van der Waals surface area (Å²) >= 11 is 1.39. The third kappa shape index (κ3) is 2.99. The molecule has 0 saturated carbocycles. The highest BCUT2D eigenvalue weighted by molar-refractivity contribution is 8.01. The molecule has 15 heavy (non-hydrogen) atoms. The van der Waals surface area contributed by atoms with Crippen molar-refractivity contribution in [2.75, 3.05) is 0 Å². The Morgan fingerprint density at radius 2 is 1.93 bits per heavy atom. The highest BCUT2D eigenvalue weighted by Gasteiger charge is 2.28. The first-order valence-electron chi connectivity index (χ1n) is 4.82. The Hall–Kier alpha value is -0.960. The van der Waals surface area contributed by atoms with Crippen LogP contribution >= 0.6 is 11.8 Å². The van der Waals surface area contributed by atoms with Crippen molar-refractivity contribution in [1.82, 2.24) is 0 Å². The van der Waals surface area contributed by atoms with Crippen molar-refractivity contribution in [1.29, 1.82) is 0 Å². The zero-order chi connectivity index (χ0) is 11.6. The molecule has 0 bridgehead atoms. The molecule has 0 atom stereocenters. The van der Waals surface area contributed by atoms with Crippen LogP contribution in [0.3, 0.4) is 0 Å². The van der Waals surface area contributed by atoms with Gasteiger partial charge in [0.25, 0.3) is 0 Å². The van der Waals surface area contributed by atoms with E-state index in [-0.39, 0.29) is 0 Å². The van der Waals surface area contributed by atoms with Gasteiger partial charge in [0.2, 0.25) is 0 Å². The maximum atomic E-state index is 11.0. The van der Waals surface area contributed by atoms with Crippen LogP contribution in [0.5, 0.6) is 0 Å². The minimum Gasteiger partial charge on any atom is -0.480 e. The number of rotatable bonds is 3. The number of aliphatic carboxylic acids is 1. The predicted octanol–water partition coefficient (Wildman–Crippen LogP) is 3.26. The number of hydrogen-bond donors (Lipinski definition) is 1. The molecule has 2 nitrogen and oxygen atoms in total. The topological polar surface area (TPSA) is 37.3 Å². The first-order valence-corrected chi connectivity index (χ1v) is 5.64. The fraction of sp³-hybridized carbons (Fsp3) is 0.417. The van der Waals surface area contributed by atoms with Crippen LogP contribution < -0.4 is 0 Å². The Balaban J connectivity index is 2.95. The van der Waals surface area contributed by atoms with Gasteiger partial charge in [0.1, 0.15) is 4.75 Å². The number of thioether (sulfide) groups is 1. The van der Waals surface area contributed by atoms with Gasteiger partial charge in [-0.05, 0) is 39.3 Å². The smallest absolute Gasteiger partial charge is 0.319 e. The van der Waals surface area contributed by atoms with Gasteiger partial charge in [-0.3, -0.25) is 4.79 Å². The fourth-order valence-electron chi connectivity index (χ4n) is 1.23. The van der Waals surface area contributed by atoms with Gasteiger partial charge in [-0.25, -0.2) is 0 Å². The molecular weight excluding hydrogens is 208 g/mol. The Bertz CT molecular complexity index is 383. The molecule has 0 fully saturated rings. The summed E-state index contributed by atoms with van der Waals surface area (Å²) in [5.41, 5.74) is 2.33. The number of aryl methyl sites for hydroxylation is 2. The van der Waals surface area contributed by atoms with Crippen molar-refractivity contribution >= 4 is 17.7 Å². The van der Waals surface area contributed by atoms with E-state index in [0.717, 1.165) is 10.5 Å². The van der Waals surface area contributed by atoms with Crippen LogP contribution in [-0.4, -0.2) is 15.8 Å². The average molecular weight is 224 g/mol. The first-order chi connectivity index (χ1) is 6.83. The standard InChI is InChI=1S/C12H16O2S/c1-8-5-6-10(9(2)7-8)15-12(3,4)11(13)14/h5-7H,1-4H3,(H,13,14). The minimum absolute atomic E-state index is 0.778. The molecule has 0 unspecified atom stereocenters. The Kier molecular flexibility index (Phi) is 3.45. The molecule has 0 aliphatic heterocycles. The SMILES string of the molecule is Cc1ccc(SC(C)(C)C(=O)O)c(C)c1. The number of carbonyl (C=O) groups is 1. The lowest BCUT2D eigenvalue weighted by Crippen LogP contribution is -2.27. The summed E-state index contributed by atoms with van der Waals surface area (Å²) in [6, 6.07) is 6.06. The van der Waals surface area contributed by atoms with Gasteiger partial charge in [0.15, 0.2) is 0 Å². The second-order valence-electron chi connectivity index (χ2n) is 4.19. The van der Waals surface area contributed by atoms with Crippen molar-refractivity contribution in [3.8, 4) is 0 Å². The molecule has 82 valence electrons. The van der Waals surface area contributed by atoms with Crippen molar-refractivity contribution in [3.63, 3.8) is 0 Å². The molecule has 0 amide bonds. The zero-order valence-electron chi connectivity index (χ0n) is 9.50. The molecule has 1 rings (SSSR count). The van der Waals surface area contributed by atoms with E-state index in [1.54, 1.807) is 13.8 Å². The lowest BCUT2D eigenvalue weighted by atomic mass is 10.2. The molecule has 0 aromatic heterocycles. The fourth-order valence-corrected chi connectivity index (χ4v) is 2.23. The lowest BCUT2D eigenvalue weighted by Gasteiger charge is -2.19. The van der Waals surface area contributed by atoms with E-state index in [4.69, 9.17) is 5.11 Å². The molecule has 3 heteroatoms. The van der Waals surface area contributed by atoms with E-state index in [2.05, 4.69) is 6.07 Å². The quantitative estimate of drug-likeness (QED) is 0.801. The van der Waals surface area contributed by atoms with E-state index in [1.807, 2.05) is 26.0 Å². The molecule has 1 N–H and O–H groups in total. The summed E-state index contributed by atoms with van der Waals surface area (Å²) in [6.45, 7) is 7.48. The Morgan fingerprint density at radius 3 is 2.40 bits per heavy atom. The lowest BCUT2D eigenvalue weighted by molar-refractivity contribution is -0.138. The second kappa shape index (κ2) is 4.27. The van der Waals surface area contributed by atoms with Crippen molar-refractivity contribution in [3.05, 3.63) is 29.3 Å². The van der Waals surface area contributed by atoms with Gasteiger partial charge in [0, 0.05) is 4.90 Å². The molecule has 0 aliphatic rings. The number of hydrogen-bond acceptors (Lipinski definition) is 2. The van der Waals surface area contributed by atoms with Crippen LogP contribution in [0.1, 0.15) is 25.0 Å². The second-order valence-corrected chi connectivity index (χ2v) is 5.85. The van der Waals surface area contributed by atoms with E-state index < -0.39 is 10.7 Å². The molecule has 0 aliphatic carbocycles.